The third-order valence-corrected chi connectivity index (χ3v) is 4.74. The first-order chi connectivity index (χ1) is 8.60. The Hall–Kier alpha value is -0.930. The van der Waals surface area contributed by atoms with Crippen molar-refractivity contribution in [3.63, 3.8) is 0 Å². The molecule has 1 aromatic rings. The van der Waals surface area contributed by atoms with E-state index in [1.165, 1.54) is 12.0 Å². The molecule has 2 aliphatic rings. The molecule has 3 heteroatoms. The molecule has 1 saturated carbocycles. The van der Waals surface area contributed by atoms with E-state index < -0.39 is 0 Å². The molecule has 0 bridgehead atoms. The van der Waals surface area contributed by atoms with Crippen molar-refractivity contribution in [1.82, 2.24) is 10.3 Å². The standard InChI is InChI=1S/C15H22N2O/c1-10(11-4-7-16-8-5-11)17-13-12-6-9-18-14(12)15(13,2)3/h4-5,7-8,10,12-14,17H,6,9H2,1-3H3/t10-,12?,13?,14?/m1/s1. The van der Waals surface area contributed by atoms with Crippen molar-refractivity contribution < 1.29 is 4.74 Å². The number of nitrogens with zero attached hydrogens (tertiary/aromatic N) is 1. The Morgan fingerprint density at radius 2 is 2.11 bits per heavy atom. The van der Waals surface area contributed by atoms with E-state index in [1.54, 1.807) is 0 Å². The van der Waals surface area contributed by atoms with Crippen molar-refractivity contribution in [3.8, 4) is 0 Å². The number of hydrogen-bond acceptors (Lipinski definition) is 3. The second-order valence-corrected chi connectivity index (χ2v) is 6.21. The van der Waals surface area contributed by atoms with Crippen LogP contribution in [0.4, 0.5) is 0 Å². The largest absolute Gasteiger partial charge is 0.377 e. The van der Waals surface area contributed by atoms with Crippen LogP contribution in [0.25, 0.3) is 0 Å². The molecule has 98 valence electrons. The molecule has 3 nitrogen and oxygen atoms in total. The number of aromatic nitrogens is 1. The van der Waals surface area contributed by atoms with Crippen LogP contribution in [-0.4, -0.2) is 23.7 Å². The molecule has 1 N–H and O–H groups in total. The van der Waals surface area contributed by atoms with Crippen molar-refractivity contribution in [1.29, 1.82) is 0 Å². The number of nitrogens with one attached hydrogen (secondary N) is 1. The predicted molar refractivity (Wildman–Crippen MR) is 71.2 cm³/mol. The van der Waals surface area contributed by atoms with Gasteiger partial charge < -0.3 is 10.1 Å². The van der Waals surface area contributed by atoms with Gasteiger partial charge in [0.1, 0.15) is 0 Å². The second kappa shape index (κ2) is 4.32. The lowest BCUT2D eigenvalue weighted by molar-refractivity contribution is -0.115. The highest BCUT2D eigenvalue weighted by Gasteiger charge is 2.59. The minimum absolute atomic E-state index is 0.252. The average molecular weight is 246 g/mol. The molecule has 0 aromatic carbocycles. The molecule has 2 heterocycles. The molecular weight excluding hydrogens is 224 g/mol. The van der Waals surface area contributed by atoms with Gasteiger partial charge in [-0.3, -0.25) is 4.98 Å². The predicted octanol–water partition coefficient (Wildman–Crippen LogP) is 2.55. The third kappa shape index (κ3) is 1.77. The van der Waals surface area contributed by atoms with E-state index in [2.05, 4.69) is 43.2 Å². The van der Waals surface area contributed by atoms with E-state index in [9.17, 15) is 0 Å². The fourth-order valence-electron chi connectivity index (χ4n) is 3.68. The van der Waals surface area contributed by atoms with Crippen LogP contribution in [0, 0.1) is 11.3 Å². The summed E-state index contributed by atoms with van der Waals surface area (Å²) in [6.45, 7) is 7.79. The Labute approximate surface area is 109 Å². The highest BCUT2D eigenvalue weighted by atomic mass is 16.5. The molecule has 1 aliphatic carbocycles. The van der Waals surface area contributed by atoms with Crippen LogP contribution >= 0.6 is 0 Å². The van der Waals surface area contributed by atoms with Gasteiger partial charge in [0.15, 0.2) is 0 Å². The molecule has 0 amide bonds. The van der Waals surface area contributed by atoms with Crippen molar-refractivity contribution in [2.24, 2.45) is 11.3 Å². The maximum absolute atomic E-state index is 5.83. The van der Waals surface area contributed by atoms with Gasteiger partial charge >= 0.3 is 0 Å². The van der Waals surface area contributed by atoms with E-state index in [0.29, 0.717) is 24.1 Å². The summed E-state index contributed by atoms with van der Waals surface area (Å²) in [5, 5.41) is 3.79. The molecule has 3 rings (SSSR count). The van der Waals surface area contributed by atoms with Gasteiger partial charge in [-0.2, -0.15) is 0 Å². The molecule has 0 spiro atoms. The van der Waals surface area contributed by atoms with E-state index in [4.69, 9.17) is 4.74 Å². The maximum atomic E-state index is 5.83. The van der Waals surface area contributed by atoms with Crippen LogP contribution in [0.5, 0.6) is 0 Å². The lowest BCUT2D eigenvalue weighted by atomic mass is 9.57. The molecule has 0 radical (unpaired) electrons. The minimum Gasteiger partial charge on any atom is -0.377 e. The first-order valence-electron chi connectivity index (χ1n) is 6.88. The van der Waals surface area contributed by atoms with Crippen LogP contribution in [0.15, 0.2) is 24.5 Å². The van der Waals surface area contributed by atoms with Crippen molar-refractivity contribution in [2.45, 2.75) is 45.4 Å². The molecule has 1 saturated heterocycles. The number of ether oxygens (including phenoxy) is 1. The van der Waals surface area contributed by atoms with Crippen LogP contribution in [-0.2, 0) is 4.74 Å². The van der Waals surface area contributed by atoms with Crippen molar-refractivity contribution in [3.05, 3.63) is 30.1 Å². The Balaban J connectivity index is 1.70. The van der Waals surface area contributed by atoms with E-state index in [0.717, 1.165) is 6.61 Å². The summed E-state index contributed by atoms with van der Waals surface area (Å²) in [6.07, 6.45) is 5.39. The molecule has 2 fully saturated rings. The zero-order chi connectivity index (χ0) is 12.8. The van der Waals surface area contributed by atoms with Gasteiger partial charge in [0, 0.05) is 42.4 Å². The molecule has 1 aromatic heterocycles. The van der Waals surface area contributed by atoms with Gasteiger partial charge in [-0.1, -0.05) is 13.8 Å². The minimum atomic E-state index is 0.252. The van der Waals surface area contributed by atoms with Crippen LogP contribution < -0.4 is 5.32 Å². The Kier molecular flexibility index (Phi) is 2.91. The van der Waals surface area contributed by atoms with Crippen molar-refractivity contribution in [2.75, 3.05) is 6.61 Å². The summed E-state index contributed by atoms with van der Waals surface area (Å²) in [4.78, 5) is 4.08. The first kappa shape index (κ1) is 12.1. The molecule has 18 heavy (non-hydrogen) atoms. The second-order valence-electron chi connectivity index (χ2n) is 6.21. The molecule has 3 unspecified atom stereocenters. The number of pyridine rings is 1. The summed E-state index contributed by atoms with van der Waals surface area (Å²) in [5.41, 5.74) is 1.56. The smallest absolute Gasteiger partial charge is 0.0685 e. The van der Waals surface area contributed by atoms with Crippen LogP contribution in [0.1, 0.15) is 38.8 Å². The zero-order valence-electron chi connectivity index (χ0n) is 11.4. The van der Waals surface area contributed by atoms with Crippen LogP contribution in [0.3, 0.4) is 0 Å². The number of rotatable bonds is 3. The lowest BCUT2D eigenvalue weighted by Gasteiger charge is -2.55. The summed E-state index contributed by atoms with van der Waals surface area (Å²) < 4.78 is 5.83. The SMILES string of the molecule is C[C@@H](NC1C2CCOC2C1(C)C)c1ccncc1. The van der Waals surface area contributed by atoms with Gasteiger partial charge in [-0.25, -0.2) is 0 Å². The Morgan fingerprint density at radius 3 is 2.83 bits per heavy atom. The molecule has 4 atom stereocenters. The fraction of sp³-hybridized carbons (Fsp3) is 0.667. The van der Waals surface area contributed by atoms with Gasteiger partial charge in [0.2, 0.25) is 0 Å². The van der Waals surface area contributed by atoms with Gasteiger partial charge in [0.05, 0.1) is 6.10 Å². The van der Waals surface area contributed by atoms with Gasteiger partial charge in [0.25, 0.3) is 0 Å². The van der Waals surface area contributed by atoms with E-state index in [1.807, 2.05) is 12.4 Å². The topological polar surface area (TPSA) is 34.1 Å². The molecule has 1 aliphatic heterocycles. The summed E-state index contributed by atoms with van der Waals surface area (Å²) in [6, 6.07) is 5.12. The number of fused-ring (bicyclic) bond motifs is 1. The van der Waals surface area contributed by atoms with Gasteiger partial charge in [-0.15, -0.1) is 0 Å². The average Bonchev–Trinajstić information content (AvgIpc) is 2.83. The van der Waals surface area contributed by atoms with E-state index >= 15 is 0 Å². The highest BCUT2D eigenvalue weighted by molar-refractivity contribution is 5.17. The monoisotopic (exact) mass is 246 g/mol. The maximum Gasteiger partial charge on any atom is 0.0685 e. The summed E-state index contributed by atoms with van der Waals surface area (Å²) in [5.74, 6) is 0.698. The van der Waals surface area contributed by atoms with Gasteiger partial charge in [-0.05, 0) is 31.0 Å². The zero-order valence-corrected chi connectivity index (χ0v) is 11.4. The Morgan fingerprint density at radius 1 is 1.39 bits per heavy atom. The third-order valence-electron chi connectivity index (χ3n) is 4.74. The molecular formula is C15H22N2O. The van der Waals surface area contributed by atoms with Crippen LogP contribution in [0.2, 0.25) is 0 Å². The quantitative estimate of drug-likeness (QED) is 0.890. The fourth-order valence-corrected chi connectivity index (χ4v) is 3.68. The lowest BCUT2D eigenvalue weighted by Crippen LogP contribution is -2.66. The highest BCUT2D eigenvalue weighted by Crippen LogP contribution is 2.52. The van der Waals surface area contributed by atoms with Crippen molar-refractivity contribution >= 4 is 0 Å². The van der Waals surface area contributed by atoms with E-state index in [-0.39, 0.29) is 5.41 Å². The first-order valence-corrected chi connectivity index (χ1v) is 6.88. The normalized spacial score (nSPS) is 34.7. The Bertz CT molecular complexity index is 418. The summed E-state index contributed by atoms with van der Waals surface area (Å²) >= 11 is 0. The number of hydrogen-bond donors (Lipinski definition) is 1. The summed E-state index contributed by atoms with van der Waals surface area (Å²) in [7, 11) is 0.